The third-order valence-corrected chi connectivity index (χ3v) is 3.13. The SMILES string of the molecule is Cn1c(=O)oc2cc(C(O)c3cccnc3)ccc21. The average Bonchev–Trinajstić information content (AvgIpc) is 2.74. The van der Waals surface area contributed by atoms with Crippen LogP contribution in [0.2, 0.25) is 0 Å². The van der Waals surface area contributed by atoms with E-state index in [-0.39, 0.29) is 0 Å². The van der Waals surface area contributed by atoms with Gasteiger partial charge in [-0.05, 0) is 23.8 Å². The summed E-state index contributed by atoms with van der Waals surface area (Å²) >= 11 is 0. The second-order valence-corrected chi connectivity index (χ2v) is 4.34. The molecule has 2 heterocycles. The van der Waals surface area contributed by atoms with Gasteiger partial charge in [-0.25, -0.2) is 4.79 Å². The zero-order chi connectivity index (χ0) is 13.4. The summed E-state index contributed by atoms with van der Waals surface area (Å²) in [6, 6.07) is 8.77. The monoisotopic (exact) mass is 256 g/mol. The number of hydrogen-bond donors (Lipinski definition) is 1. The van der Waals surface area contributed by atoms with E-state index >= 15 is 0 Å². The van der Waals surface area contributed by atoms with E-state index in [1.807, 2.05) is 0 Å². The van der Waals surface area contributed by atoms with Crippen molar-refractivity contribution in [2.24, 2.45) is 7.05 Å². The molecular formula is C14H12N2O3. The molecule has 5 nitrogen and oxygen atoms in total. The van der Waals surface area contributed by atoms with Crippen molar-refractivity contribution in [1.29, 1.82) is 0 Å². The van der Waals surface area contributed by atoms with Gasteiger partial charge in [-0.2, -0.15) is 0 Å². The zero-order valence-electron chi connectivity index (χ0n) is 10.3. The Balaban J connectivity index is 2.09. The highest BCUT2D eigenvalue weighted by Gasteiger charge is 2.13. The standard InChI is InChI=1S/C14H12N2O3/c1-16-11-5-4-9(7-12(11)19-14(16)18)13(17)10-3-2-6-15-8-10/h2-8,13,17H,1H3. The first-order valence-corrected chi connectivity index (χ1v) is 5.84. The predicted octanol–water partition coefficient (Wildman–Crippen LogP) is 1.61. The highest BCUT2D eigenvalue weighted by molar-refractivity contribution is 5.73. The normalized spacial score (nSPS) is 12.7. The van der Waals surface area contributed by atoms with Crippen molar-refractivity contribution in [3.63, 3.8) is 0 Å². The van der Waals surface area contributed by atoms with Crippen LogP contribution >= 0.6 is 0 Å². The van der Waals surface area contributed by atoms with Gasteiger partial charge in [0.15, 0.2) is 5.58 Å². The van der Waals surface area contributed by atoms with E-state index in [1.54, 1.807) is 49.8 Å². The number of aryl methyl sites for hydroxylation is 1. The largest absolute Gasteiger partial charge is 0.419 e. The molecule has 3 aromatic rings. The minimum Gasteiger partial charge on any atom is -0.408 e. The molecule has 3 rings (SSSR count). The van der Waals surface area contributed by atoms with Crippen LogP contribution in [0.4, 0.5) is 0 Å². The van der Waals surface area contributed by atoms with Gasteiger partial charge in [0.1, 0.15) is 6.10 Å². The van der Waals surface area contributed by atoms with E-state index in [4.69, 9.17) is 4.42 Å². The summed E-state index contributed by atoms with van der Waals surface area (Å²) in [4.78, 5) is 15.4. The number of benzene rings is 1. The Labute approximate surface area is 108 Å². The van der Waals surface area contributed by atoms with Crippen LogP contribution < -0.4 is 5.76 Å². The van der Waals surface area contributed by atoms with Gasteiger partial charge in [0.25, 0.3) is 0 Å². The minimum atomic E-state index is -0.788. The lowest BCUT2D eigenvalue weighted by molar-refractivity contribution is 0.220. The first-order valence-electron chi connectivity index (χ1n) is 5.84. The Bertz CT molecular complexity index is 774. The van der Waals surface area contributed by atoms with Crippen molar-refractivity contribution in [3.05, 3.63) is 64.4 Å². The number of hydrogen-bond acceptors (Lipinski definition) is 4. The van der Waals surface area contributed by atoms with Gasteiger partial charge in [-0.3, -0.25) is 9.55 Å². The summed E-state index contributed by atoms with van der Waals surface area (Å²) < 4.78 is 6.53. The van der Waals surface area contributed by atoms with Gasteiger partial charge >= 0.3 is 5.76 Å². The Morgan fingerprint density at radius 3 is 2.89 bits per heavy atom. The number of rotatable bonds is 2. The van der Waals surface area contributed by atoms with Crippen LogP contribution in [0.5, 0.6) is 0 Å². The Morgan fingerprint density at radius 1 is 1.32 bits per heavy atom. The van der Waals surface area contributed by atoms with Crippen molar-refractivity contribution >= 4 is 11.1 Å². The smallest absolute Gasteiger partial charge is 0.408 e. The molecule has 5 heteroatoms. The van der Waals surface area contributed by atoms with E-state index in [0.717, 1.165) is 0 Å². The summed E-state index contributed by atoms with van der Waals surface area (Å²) in [5.41, 5.74) is 2.52. The molecule has 0 fully saturated rings. The molecule has 0 amide bonds. The molecule has 1 unspecified atom stereocenters. The molecule has 1 atom stereocenters. The molecule has 0 aliphatic carbocycles. The van der Waals surface area contributed by atoms with Crippen LogP contribution in [0.1, 0.15) is 17.2 Å². The second-order valence-electron chi connectivity index (χ2n) is 4.34. The van der Waals surface area contributed by atoms with E-state index in [1.165, 1.54) is 4.57 Å². The molecule has 0 saturated carbocycles. The molecule has 19 heavy (non-hydrogen) atoms. The number of aliphatic hydroxyl groups is 1. The number of fused-ring (bicyclic) bond motifs is 1. The van der Waals surface area contributed by atoms with Crippen LogP contribution in [-0.4, -0.2) is 14.7 Å². The quantitative estimate of drug-likeness (QED) is 0.756. The number of oxazole rings is 1. The molecule has 0 aliphatic rings. The number of aromatic nitrogens is 2. The fourth-order valence-corrected chi connectivity index (χ4v) is 2.05. The molecule has 0 saturated heterocycles. The van der Waals surface area contributed by atoms with E-state index < -0.39 is 11.9 Å². The van der Waals surface area contributed by atoms with Gasteiger partial charge in [0.2, 0.25) is 0 Å². The predicted molar refractivity (Wildman–Crippen MR) is 69.8 cm³/mol. The first-order chi connectivity index (χ1) is 9.16. The lowest BCUT2D eigenvalue weighted by Gasteiger charge is -2.10. The van der Waals surface area contributed by atoms with Crippen LogP contribution in [0.3, 0.4) is 0 Å². The second kappa shape index (κ2) is 4.37. The zero-order valence-corrected chi connectivity index (χ0v) is 10.3. The summed E-state index contributed by atoms with van der Waals surface area (Å²) in [5.74, 6) is -0.414. The molecule has 0 spiro atoms. The first kappa shape index (κ1) is 11.7. The molecular weight excluding hydrogens is 244 g/mol. The molecule has 96 valence electrons. The fraction of sp³-hybridized carbons (Fsp3) is 0.143. The van der Waals surface area contributed by atoms with Crippen LogP contribution in [0, 0.1) is 0 Å². The number of nitrogens with zero attached hydrogens (tertiary/aromatic N) is 2. The minimum absolute atomic E-state index is 0.414. The van der Waals surface area contributed by atoms with Gasteiger partial charge in [0.05, 0.1) is 5.52 Å². The maximum absolute atomic E-state index is 11.4. The maximum Gasteiger partial charge on any atom is 0.419 e. The van der Waals surface area contributed by atoms with Crippen molar-refractivity contribution in [3.8, 4) is 0 Å². The van der Waals surface area contributed by atoms with Crippen molar-refractivity contribution in [2.45, 2.75) is 6.10 Å². The van der Waals surface area contributed by atoms with Crippen molar-refractivity contribution in [2.75, 3.05) is 0 Å². The number of pyridine rings is 1. The molecule has 0 radical (unpaired) electrons. The van der Waals surface area contributed by atoms with Crippen LogP contribution in [0.15, 0.2) is 51.9 Å². The van der Waals surface area contributed by atoms with Crippen molar-refractivity contribution in [1.82, 2.24) is 9.55 Å². The molecule has 2 aromatic heterocycles. The lowest BCUT2D eigenvalue weighted by Crippen LogP contribution is -2.08. The third kappa shape index (κ3) is 1.94. The molecule has 0 aliphatic heterocycles. The van der Waals surface area contributed by atoms with Crippen LogP contribution in [0.25, 0.3) is 11.1 Å². The molecule has 0 bridgehead atoms. The summed E-state index contributed by atoms with van der Waals surface area (Å²) in [5, 5.41) is 10.3. The summed E-state index contributed by atoms with van der Waals surface area (Å²) in [6.07, 6.45) is 2.47. The maximum atomic E-state index is 11.4. The highest BCUT2D eigenvalue weighted by atomic mass is 16.4. The Kier molecular flexibility index (Phi) is 2.68. The van der Waals surface area contributed by atoms with Gasteiger partial charge in [0, 0.05) is 25.0 Å². The summed E-state index contributed by atoms with van der Waals surface area (Å²) in [7, 11) is 1.64. The van der Waals surface area contributed by atoms with Gasteiger partial charge < -0.3 is 9.52 Å². The van der Waals surface area contributed by atoms with E-state index in [2.05, 4.69) is 4.98 Å². The third-order valence-electron chi connectivity index (χ3n) is 3.13. The topological polar surface area (TPSA) is 68.3 Å². The van der Waals surface area contributed by atoms with Crippen molar-refractivity contribution < 1.29 is 9.52 Å². The highest BCUT2D eigenvalue weighted by Crippen LogP contribution is 2.24. The van der Waals surface area contributed by atoms with Gasteiger partial charge in [-0.15, -0.1) is 0 Å². The average molecular weight is 256 g/mol. The van der Waals surface area contributed by atoms with E-state index in [0.29, 0.717) is 22.2 Å². The molecule has 1 N–H and O–H groups in total. The molecule has 1 aromatic carbocycles. The lowest BCUT2D eigenvalue weighted by atomic mass is 10.0. The Morgan fingerprint density at radius 2 is 2.16 bits per heavy atom. The van der Waals surface area contributed by atoms with Gasteiger partial charge in [-0.1, -0.05) is 12.1 Å². The van der Waals surface area contributed by atoms with Crippen LogP contribution in [-0.2, 0) is 7.05 Å². The summed E-state index contributed by atoms with van der Waals surface area (Å²) in [6.45, 7) is 0. The Hall–Kier alpha value is -2.40. The fourth-order valence-electron chi connectivity index (χ4n) is 2.05. The number of aliphatic hydroxyl groups excluding tert-OH is 1. The van der Waals surface area contributed by atoms with E-state index in [9.17, 15) is 9.90 Å².